The Hall–Kier alpha value is -1.59. The van der Waals surface area contributed by atoms with Crippen LogP contribution in [0.25, 0.3) is 0 Å². The Labute approximate surface area is 132 Å². The second-order valence-electron chi connectivity index (χ2n) is 5.16. The first-order valence-electron chi connectivity index (χ1n) is 7.70. The maximum absolute atomic E-state index is 11.4. The van der Waals surface area contributed by atoms with Gasteiger partial charge in [-0.05, 0) is 24.1 Å². The molecule has 0 amide bonds. The van der Waals surface area contributed by atoms with E-state index in [1.807, 2.05) is 24.3 Å². The Morgan fingerprint density at radius 2 is 1.91 bits per heavy atom. The SMILES string of the molecule is CCCCCC(=O)OC[C@@H](O)COCc1ccc(OC)cc1. The molecule has 0 heterocycles. The first kappa shape index (κ1) is 18.5. The number of aliphatic hydroxyl groups is 1. The smallest absolute Gasteiger partial charge is 0.305 e. The Morgan fingerprint density at radius 1 is 1.18 bits per heavy atom. The molecule has 5 nitrogen and oxygen atoms in total. The van der Waals surface area contributed by atoms with E-state index >= 15 is 0 Å². The van der Waals surface area contributed by atoms with Crippen LogP contribution in [0.15, 0.2) is 24.3 Å². The summed E-state index contributed by atoms with van der Waals surface area (Å²) in [4.78, 5) is 11.4. The zero-order valence-corrected chi connectivity index (χ0v) is 13.4. The fraction of sp³-hybridized carbons (Fsp3) is 0.588. The lowest BCUT2D eigenvalue weighted by Gasteiger charge is -2.12. The molecule has 0 aromatic heterocycles. The van der Waals surface area contributed by atoms with E-state index in [9.17, 15) is 9.90 Å². The van der Waals surface area contributed by atoms with E-state index in [1.165, 1.54) is 0 Å². The Balaban J connectivity index is 2.12. The van der Waals surface area contributed by atoms with Gasteiger partial charge in [0.2, 0.25) is 0 Å². The number of hydrogen-bond acceptors (Lipinski definition) is 5. The van der Waals surface area contributed by atoms with E-state index in [-0.39, 0.29) is 19.2 Å². The molecule has 1 aromatic rings. The minimum Gasteiger partial charge on any atom is -0.497 e. The number of esters is 1. The standard InChI is InChI=1S/C17H26O5/c1-3-4-5-6-17(19)22-13-15(18)12-21-11-14-7-9-16(20-2)10-8-14/h7-10,15,18H,3-6,11-13H2,1-2H3/t15-/m0/s1. The van der Waals surface area contributed by atoms with Crippen LogP contribution in [0.5, 0.6) is 5.75 Å². The summed E-state index contributed by atoms with van der Waals surface area (Å²) in [5.74, 6) is 0.529. The van der Waals surface area contributed by atoms with Crippen LogP contribution < -0.4 is 4.74 Å². The number of aliphatic hydroxyl groups excluding tert-OH is 1. The van der Waals surface area contributed by atoms with Crippen LogP contribution in [0, 0.1) is 0 Å². The zero-order valence-electron chi connectivity index (χ0n) is 13.4. The number of ether oxygens (including phenoxy) is 3. The molecule has 1 aromatic carbocycles. The molecule has 124 valence electrons. The van der Waals surface area contributed by atoms with E-state index in [0.717, 1.165) is 30.6 Å². The van der Waals surface area contributed by atoms with Crippen molar-refractivity contribution < 1.29 is 24.1 Å². The van der Waals surface area contributed by atoms with Gasteiger partial charge in [0.25, 0.3) is 0 Å². The summed E-state index contributed by atoms with van der Waals surface area (Å²) in [7, 11) is 1.62. The third kappa shape index (κ3) is 8.00. The summed E-state index contributed by atoms with van der Waals surface area (Å²) in [6.45, 7) is 2.59. The van der Waals surface area contributed by atoms with Crippen molar-refractivity contribution in [3.05, 3.63) is 29.8 Å². The third-order valence-corrected chi connectivity index (χ3v) is 3.16. The molecule has 1 rings (SSSR count). The number of carbonyl (C=O) groups excluding carboxylic acids is 1. The largest absolute Gasteiger partial charge is 0.497 e. The summed E-state index contributed by atoms with van der Waals surface area (Å²) >= 11 is 0. The molecule has 0 radical (unpaired) electrons. The number of carbonyl (C=O) groups is 1. The maximum atomic E-state index is 11.4. The summed E-state index contributed by atoms with van der Waals surface area (Å²) in [6.07, 6.45) is 2.53. The molecule has 1 atom stereocenters. The van der Waals surface area contributed by atoms with Gasteiger partial charge in [-0.25, -0.2) is 0 Å². The highest BCUT2D eigenvalue weighted by Gasteiger charge is 2.09. The molecular formula is C17H26O5. The van der Waals surface area contributed by atoms with Crippen molar-refractivity contribution >= 4 is 5.97 Å². The molecule has 0 fully saturated rings. The predicted octanol–water partition coefficient (Wildman–Crippen LogP) is 2.70. The lowest BCUT2D eigenvalue weighted by molar-refractivity contribution is -0.148. The number of unbranched alkanes of at least 4 members (excludes halogenated alkanes) is 2. The molecule has 0 aliphatic carbocycles. The lowest BCUT2D eigenvalue weighted by Crippen LogP contribution is -2.23. The van der Waals surface area contributed by atoms with Crippen LogP contribution in [-0.2, 0) is 20.9 Å². The van der Waals surface area contributed by atoms with Gasteiger partial charge < -0.3 is 19.3 Å². The van der Waals surface area contributed by atoms with E-state index in [4.69, 9.17) is 14.2 Å². The highest BCUT2D eigenvalue weighted by atomic mass is 16.5. The fourth-order valence-corrected chi connectivity index (χ4v) is 1.86. The molecule has 0 aliphatic heterocycles. The molecule has 0 saturated heterocycles. The van der Waals surface area contributed by atoms with Gasteiger partial charge in [-0.1, -0.05) is 31.9 Å². The monoisotopic (exact) mass is 310 g/mol. The van der Waals surface area contributed by atoms with Crippen molar-refractivity contribution in [2.75, 3.05) is 20.3 Å². The van der Waals surface area contributed by atoms with Crippen LogP contribution in [0.2, 0.25) is 0 Å². The second-order valence-corrected chi connectivity index (χ2v) is 5.16. The molecule has 22 heavy (non-hydrogen) atoms. The average molecular weight is 310 g/mol. The summed E-state index contributed by atoms with van der Waals surface area (Å²) in [5, 5.41) is 9.71. The van der Waals surface area contributed by atoms with Crippen molar-refractivity contribution in [2.24, 2.45) is 0 Å². The Morgan fingerprint density at radius 3 is 2.55 bits per heavy atom. The number of rotatable bonds is 11. The van der Waals surface area contributed by atoms with Crippen molar-refractivity contribution in [3.8, 4) is 5.75 Å². The topological polar surface area (TPSA) is 65.0 Å². The van der Waals surface area contributed by atoms with Gasteiger partial charge >= 0.3 is 5.97 Å². The summed E-state index contributed by atoms with van der Waals surface area (Å²) in [6, 6.07) is 7.51. The quantitative estimate of drug-likeness (QED) is 0.503. The van der Waals surface area contributed by atoms with Crippen LogP contribution in [0.1, 0.15) is 38.2 Å². The highest BCUT2D eigenvalue weighted by molar-refractivity contribution is 5.69. The highest BCUT2D eigenvalue weighted by Crippen LogP contribution is 2.12. The van der Waals surface area contributed by atoms with E-state index in [0.29, 0.717) is 13.0 Å². The average Bonchev–Trinajstić information content (AvgIpc) is 2.54. The van der Waals surface area contributed by atoms with Gasteiger partial charge in [-0.2, -0.15) is 0 Å². The van der Waals surface area contributed by atoms with Gasteiger partial charge in [0.15, 0.2) is 0 Å². The first-order valence-corrected chi connectivity index (χ1v) is 7.70. The second kappa shape index (κ2) is 11.0. The van der Waals surface area contributed by atoms with Gasteiger partial charge in [0.1, 0.15) is 18.5 Å². The van der Waals surface area contributed by atoms with Crippen molar-refractivity contribution in [1.29, 1.82) is 0 Å². The molecule has 0 aliphatic rings. The lowest BCUT2D eigenvalue weighted by atomic mass is 10.2. The van der Waals surface area contributed by atoms with Crippen molar-refractivity contribution in [1.82, 2.24) is 0 Å². The number of benzene rings is 1. The predicted molar refractivity (Wildman–Crippen MR) is 83.8 cm³/mol. The minimum atomic E-state index is -0.798. The molecule has 0 spiro atoms. The van der Waals surface area contributed by atoms with E-state index in [1.54, 1.807) is 7.11 Å². The molecule has 5 heteroatoms. The minimum absolute atomic E-state index is 0.0203. The van der Waals surface area contributed by atoms with Crippen LogP contribution in [-0.4, -0.2) is 37.5 Å². The molecule has 1 N–H and O–H groups in total. The van der Waals surface area contributed by atoms with Crippen molar-refractivity contribution in [3.63, 3.8) is 0 Å². The van der Waals surface area contributed by atoms with E-state index in [2.05, 4.69) is 6.92 Å². The maximum Gasteiger partial charge on any atom is 0.305 e. The zero-order chi connectivity index (χ0) is 16.2. The van der Waals surface area contributed by atoms with Gasteiger partial charge in [-0.15, -0.1) is 0 Å². The third-order valence-electron chi connectivity index (χ3n) is 3.16. The van der Waals surface area contributed by atoms with Crippen LogP contribution in [0.4, 0.5) is 0 Å². The Bertz CT molecular complexity index is 416. The molecule has 0 unspecified atom stereocenters. The Kier molecular flexibility index (Phi) is 9.26. The van der Waals surface area contributed by atoms with Gasteiger partial charge in [0, 0.05) is 6.42 Å². The summed E-state index contributed by atoms with van der Waals surface area (Å²) in [5.41, 5.74) is 0.990. The number of hydrogen-bond donors (Lipinski definition) is 1. The summed E-state index contributed by atoms with van der Waals surface area (Å²) < 4.78 is 15.5. The van der Waals surface area contributed by atoms with E-state index < -0.39 is 6.10 Å². The number of methoxy groups -OCH3 is 1. The molecular weight excluding hydrogens is 284 g/mol. The normalized spacial score (nSPS) is 12.0. The van der Waals surface area contributed by atoms with Gasteiger partial charge in [-0.3, -0.25) is 4.79 Å². The van der Waals surface area contributed by atoms with Crippen molar-refractivity contribution in [2.45, 2.75) is 45.3 Å². The van der Waals surface area contributed by atoms with Gasteiger partial charge in [0.05, 0.1) is 20.3 Å². The first-order chi connectivity index (χ1) is 10.7. The van der Waals surface area contributed by atoms with Crippen LogP contribution >= 0.6 is 0 Å². The fourth-order valence-electron chi connectivity index (χ4n) is 1.86. The molecule has 0 saturated carbocycles. The molecule has 0 bridgehead atoms. The van der Waals surface area contributed by atoms with Crippen LogP contribution in [0.3, 0.4) is 0 Å².